The van der Waals surface area contributed by atoms with Crippen LogP contribution in [0.1, 0.15) is 24.6 Å². The minimum atomic E-state index is -0.0840. The number of aryl methyl sites for hydroxylation is 1. The molecule has 0 atom stereocenters. The van der Waals surface area contributed by atoms with E-state index in [1.165, 1.54) is 0 Å². The first-order valence-electron chi connectivity index (χ1n) is 6.36. The van der Waals surface area contributed by atoms with Crippen molar-refractivity contribution in [2.45, 2.75) is 26.2 Å². The van der Waals surface area contributed by atoms with E-state index < -0.39 is 0 Å². The van der Waals surface area contributed by atoms with E-state index in [2.05, 4.69) is 22.4 Å². The van der Waals surface area contributed by atoms with Crippen molar-refractivity contribution in [3.63, 3.8) is 0 Å². The highest BCUT2D eigenvalue weighted by atomic mass is 16.1. The molecule has 1 amide bonds. The number of amides is 1. The molecule has 1 aromatic carbocycles. The lowest BCUT2D eigenvalue weighted by Gasteiger charge is -2.02. The predicted octanol–water partition coefficient (Wildman–Crippen LogP) is 2.13. The van der Waals surface area contributed by atoms with Crippen molar-refractivity contribution < 1.29 is 4.79 Å². The topological polar surface area (TPSA) is 83.8 Å². The Balaban J connectivity index is 1.91. The molecule has 4 N–H and O–H groups in total. The minimum Gasteiger partial charge on any atom is -0.399 e. The summed E-state index contributed by atoms with van der Waals surface area (Å²) in [4.78, 5) is 11.8. The van der Waals surface area contributed by atoms with E-state index in [0.717, 1.165) is 24.1 Å². The molecule has 5 heteroatoms. The van der Waals surface area contributed by atoms with Crippen molar-refractivity contribution in [3.05, 3.63) is 41.6 Å². The van der Waals surface area contributed by atoms with Crippen molar-refractivity contribution >= 4 is 17.4 Å². The van der Waals surface area contributed by atoms with Crippen LogP contribution in [-0.4, -0.2) is 16.1 Å². The lowest BCUT2D eigenvalue weighted by Crippen LogP contribution is -2.14. The molecule has 19 heavy (non-hydrogen) atoms. The second-order valence-corrected chi connectivity index (χ2v) is 4.49. The standard InChI is InChI=1S/C14H18N4O/c1-2-3-12-9-13(18-17-12)16-14(19)8-10-4-6-11(15)7-5-10/h4-7,9H,2-3,8,15H2,1H3,(H2,16,17,18,19). The molecule has 1 aromatic heterocycles. The summed E-state index contributed by atoms with van der Waals surface area (Å²) in [6, 6.07) is 9.14. The largest absolute Gasteiger partial charge is 0.399 e. The first kappa shape index (κ1) is 13.1. The fourth-order valence-electron chi connectivity index (χ4n) is 1.83. The van der Waals surface area contributed by atoms with Crippen LogP contribution in [0.3, 0.4) is 0 Å². The number of nitrogens with one attached hydrogen (secondary N) is 2. The molecule has 2 rings (SSSR count). The monoisotopic (exact) mass is 258 g/mol. The number of rotatable bonds is 5. The molecule has 0 saturated carbocycles. The average molecular weight is 258 g/mol. The van der Waals surface area contributed by atoms with Crippen LogP contribution in [0.4, 0.5) is 11.5 Å². The molecule has 0 unspecified atom stereocenters. The second kappa shape index (κ2) is 6.04. The molecule has 0 aliphatic heterocycles. The van der Waals surface area contributed by atoms with Crippen LogP contribution >= 0.6 is 0 Å². The Labute approximate surface area is 112 Å². The summed E-state index contributed by atoms with van der Waals surface area (Å²) in [6.07, 6.45) is 2.29. The molecule has 5 nitrogen and oxygen atoms in total. The molecule has 0 radical (unpaired) electrons. The Kier molecular flexibility index (Phi) is 4.18. The van der Waals surface area contributed by atoms with Crippen molar-refractivity contribution in [3.8, 4) is 0 Å². The Hall–Kier alpha value is -2.30. The number of nitrogens with two attached hydrogens (primary N) is 1. The van der Waals surface area contributed by atoms with Gasteiger partial charge in [-0.15, -0.1) is 0 Å². The van der Waals surface area contributed by atoms with Gasteiger partial charge in [0, 0.05) is 17.4 Å². The molecule has 0 aliphatic rings. The second-order valence-electron chi connectivity index (χ2n) is 4.49. The smallest absolute Gasteiger partial charge is 0.229 e. The Morgan fingerprint density at radius 2 is 2.11 bits per heavy atom. The van der Waals surface area contributed by atoms with Crippen LogP contribution in [0.2, 0.25) is 0 Å². The quantitative estimate of drug-likeness (QED) is 0.718. The van der Waals surface area contributed by atoms with Gasteiger partial charge in [-0.1, -0.05) is 25.5 Å². The molecule has 0 spiro atoms. The van der Waals surface area contributed by atoms with Crippen LogP contribution in [0.5, 0.6) is 0 Å². The van der Waals surface area contributed by atoms with E-state index in [-0.39, 0.29) is 5.91 Å². The molecule has 1 heterocycles. The first-order valence-corrected chi connectivity index (χ1v) is 6.36. The Bertz CT molecular complexity index is 545. The lowest BCUT2D eigenvalue weighted by molar-refractivity contribution is -0.115. The van der Waals surface area contributed by atoms with E-state index in [1.54, 1.807) is 12.1 Å². The number of nitrogen functional groups attached to an aromatic ring is 1. The lowest BCUT2D eigenvalue weighted by atomic mass is 10.1. The summed E-state index contributed by atoms with van der Waals surface area (Å²) in [6.45, 7) is 2.10. The molecule has 0 aliphatic carbocycles. The first-order chi connectivity index (χ1) is 9.17. The van der Waals surface area contributed by atoms with Crippen molar-refractivity contribution in [1.29, 1.82) is 0 Å². The molecule has 0 saturated heterocycles. The van der Waals surface area contributed by atoms with Gasteiger partial charge in [-0.25, -0.2) is 0 Å². The van der Waals surface area contributed by atoms with Gasteiger partial charge < -0.3 is 11.1 Å². The highest BCUT2D eigenvalue weighted by molar-refractivity contribution is 5.91. The highest BCUT2D eigenvalue weighted by Crippen LogP contribution is 2.10. The number of benzene rings is 1. The van der Waals surface area contributed by atoms with Crippen LogP contribution < -0.4 is 11.1 Å². The van der Waals surface area contributed by atoms with E-state index in [1.807, 2.05) is 18.2 Å². The summed E-state index contributed by atoms with van der Waals surface area (Å²) < 4.78 is 0. The van der Waals surface area contributed by atoms with Crippen LogP contribution in [0.25, 0.3) is 0 Å². The van der Waals surface area contributed by atoms with Crippen molar-refractivity contribution in [2.24, 2.45) is 0 Å². The van der Waals surface area contributed by atoms with Crippen molar-refractivity contribution in [1.82, 2.24) is 10.2 Å². The van der Waals surface area contributed by atoms with Crippen LogP contribution in [-0.2, 0) is 17.6 Å². The van der Waals surface area contributed by atoms with Gasteiger partial charge in [0.05, 0.1) is 6.42 Å². The Morgan fingerprint density at radius 1 is 1.37 bits per heavy atom. The number of carbonyl (C=O) groups is 1. The van der Waals surface area contributed by atoms with Gasteiger partial charge in [-0.2, -0.15) is 5.10 Å². The summed E-state index contributed by atoms with van der Waals surface area (Å²) in [5, 5.41) is 9.73. The SMILES string of the molecule is CCCc1cc(NC(=O)Cc2ccc(N)cc2)n[nH]1. The van der Waals surface area contributed by atoms with Gasteiger partial charge in [0.2, 0.25) is 5.91 Å². The summed E-state index contributed by atoms with van der Waals surface area (Å²) in [7, 11) is 0. The third-order valence-electron chi connectivity index (χ3n) is 2.76. The number of hydrogen-bond donors (Lipinski definition) is 3. The maximum Gasteiger partial charge on any atom is 0.229 e. The van der Waals surface area contributed by atoms with Crippen LogP contribution in [0.15, 0.2) is 30.3 Å². The maximum absolute atomic E-state index is 11.8. The third-order valence-corrected chi connectivity index (χ3v) is 2.76. The number of carbonyl (C=O) groups excluding carboxylic acids is 1. The normalized spacial score (nSPS) is 10.4. The maximum atomic E-state index is 11.8. The molecule has 100 valence electrons. The average Bonchev–Trinajstić information content (AvgIpc) is 2.80. The number of H-pyrrole nitrogens is 1. The fraction of sp³-hybridized carbons (Fsp3) is 0.286. The number of hydrogen-bond acceptors (Lipinski definition) is 3. The van der Waals surface area contributed by atoms with Crippen LogP contribution in [0, 0.1) is 0 Å². The van der Waals surface area contributed by atoms with Gasteiger partial charge in [0.25, 0.3) is 0 Å². The zero-order chi connectivity index (χ0) is 13.7. The summed E-state index contributed by atoms with van der Waals surface area (Å²) in [5.41, 5.74) is 8.25. The molecule has 2 aromatic rings. The van der Waals surface area contributed by atoms with E-state index in [4.69, 9.17) is 5.73 Å². The Morgan fingerprint density at radius 3 is 2.79 bits per heavy atom. The fourth-order valence-corrected chi connectivity index (χ4v) is 1.83. The third kappa shape index (κ3) is 3.84. The van der Waals surface area contributed by atoms with Gasteiger partial charge in [-0.05, 0) is 24.1 Å². The minimum absolute atomic E-state index is 0.0840. The van der Waals surface area contributed by atoms with E-state index in [9.17, 15) is 4.79 Å². The van der Waals surface area contributed by atoms with Gasteiger partial charge in [-0.3, -0.25) is 9.89 Å². The number of aromatic nitrogens is 2. The van der Waals surface area contributed by atoms with E-state index in [0.29, 0.717) is 17.9 Å². The molecular weight excluding hydrogens is 240 g/mol. The molecule has 0 fully saturated rings. The zero-order valence-electron chi connectivity index (χ0n) is 10.9. The summed E-state index contributed by atoms with van der Waals surface area (Å²) in [5.74, 6) is 0.489. The van der Waals surface area contributed by atoms with Crippen molar-refractivity contribution in [2.75, 3.05) is 11.1 Å². The van der Waals surface area contributed by atoms with E-state index >= 15 is 0 Å². The zero-order valence-corrected chi connectivity index (χ0v) is 10.9. The highest BCUT2D eigenvalue weighted by Gasteiger charge is 2.06. The van der Waals surface area contributed by atoms with Gasteiger partial charge in [0.1, 0.15) is 0 Å². The van der Waals surface area contributed by atoms with Gasteiger partial charge >= 0.3 is 0 Å². The number of nitrogens with zero attached hydrogens (tertiary/aromatic N) is 1. The van der Waals surface area contributed by atoms with Gasteiger partial charge in [0.15, 0.2) is 5.82 Å². The summed E-state index contributed by atoms with van der Waals surface area (Å²) >= 11 is 0. The molecule has 0 bridgehead atoms. The number of anilines is 2. The predicted molar refractivity (Wildman–Crippen MR) is 75.8 cm³/mol. The molecular formula is C14H18N4O. The number of aromatic amines is 1.